The Bertz CT molecular complexity index is 191. The first-order valence-corrected chi connectivity index (χ1v) is 4.73. The van der Waals surface area contributed by atoms with E-state index in [2.05, 4.69) is 11.8 Å². The van der Waals surface area contributed by atoms with Crippen molar-refractivity contribution in [3.63, 3.8) is 0 Å². The fraction of sp³-hybridized carbons (Fsp3) is 0.667. The van der Waals surface area contributed by atoms with Crippen molar-refractivity contribution < 1.29 is 4.79 Å². The Morgan fingerprint density at radius 2 is 2.50 bits per heavy atom. The average Bonchev–Trinajstić information content (AvgIpc) is 2.47. The number of nitrogens with zero attached hydrogens (tertiary/aromatic N) is 1. The van der Waals surface area contributed by atoms with E-state index in [-0.39, 0.29) is 5.24 Å². The van der Waals surface area contributed by atoms with Crippen molar-refractivity contribution in [1.29, 1.82) is 0 Å². The van der Waals surface area contributed by atoms with Gasteiger partial charge in [0.05, 0.1) is 0 Å². The molecule has 1 atom stereocenters. The summed E-state index contributed by atoms with van der Waals surface area (Å²) in [5, 5.41) is -0.377. The second-order valence-electron chi connectivity index (χ2n) is 3.00. The predicted molar refractivity (Wildman–Crippen MR) is 50.3 cm³/mol. The summed E-state index contributed by atoms with van der Waals surface area (Å²) in [6.07, 6.45) is 5.74. The van der Waals surface area contributed by atoms with Crippen LogP contribution in [0.1, 0.15) is 19.8 Å². The van der Waals surface area contributed by atoms with Crippen molar-refractivity contribution in [2.45, 2.75) is 25.8 Å². The van der Waals surface area contributed by atoms with Gasteiger partial charge in [0.1, 0.15) is 0 Å². The molecule has 1 unspecified atom stereocenters. The molecule has 2 nitrogen and oxygen atoms in total. The van der Waals surface area contributed by atoms with Gasteiger partial charge in [0.25, 0.3) is 0 Å². The van der Waals surface area contributed by atoms with E-state index in [9.17, 15) is 4.79 Å². The van der Waals surface area contributed by atoms with E-state index in [0.717, 1.165) is 19.5 Å². The molecule has 0 amide bonds. The summed E-state index contributed by atoms with van der Waals surface area (Å²) in [4.78, 5) is 12.8. The Kier molecular flexibility index (Phi) is 3.76. The summed E-state index contributed by atoms with van der Waals surface area (Å²) in [6, 6.07) is 0.428. The maximum absolute atomic E-state index is 10.5. The third-order valence-corrected chi connectivity index (χ3v) is 2.40. The number of hydrogen-bond donors (Lipinski definition) is 0. The van der Waals surface area contributed by atoms with E-state index in [0.29, 0.717) is 6.04 Å². The number of likely N-dealkylation sites (tertiary alicyclic amines) is 1. The monoisotopic (exact) mass is 187 g/mol. The van der Waals surface area contributed by atoms with Crippen LogP contribution in [-0.2, 0) is 4.79 Å². The van der Waals surface area contributed by atoms with E-state index < -0.39 is 0 Å². The van der Waals surface area contributed by atoms with Crippen LogP contribution in [0.4, 0.5) is 0 Å². The smallest absolute Gasteiger partial charge is 0.244 e. The number of halogens is 1. The Balaban J connectivity index is 2.45. The molecule has 1 saturated heterocycles. The average molecular weight is 188 g/mol. The zero-order valence-corrected chi connectivity index (χ0v) is 8.05. The Morgan fingerprint density at radius 3 is 3.08 bits per heavy atom. The van der Waals surface area contributed by atoms with Crippen LogP contribution in [0.2, 0.25) is 0 Å². The Morgan fingerprint density at radius 1 is 1.75 bits per heavy atom. The molecule has 0 N–H and O–H groups in total. The second kappa shape index (κ2) is 4.63. The number of hydrogen-bond acceptors (Lipinski definition) is 2. The number of likely N-dealkylation sites (N-methyl/N-ethyl adjacent to an activating group) is 1. The Labute approximate surface area is 78.2 Å². The highest BCUT2D eigenvalue weighted by Gasteiger charge is 2.19. The molecule has 1 fully saturated rings. The molecule has 0 aromatic carbocycles. The first-order valence-electron chi connectivity index (χ1n) is 4.35. The number of allylic oxidation sites excluding steroid dienone is 1. The lowest BCUT2D eigenvalue weighted by Crippen LogP contribution is -2.27. The molecule has 0 aromatic heterocycles. The van der Waals surface area contributed by atoms with Crippen LogP contribution in [-0.4, -0.2) is 29.3 Å². The number of rotatable bonds is 3. The molecule has 0 saturated carbocycles. The van der Waals surface area contributed by atoms with Crippen molar-refractivity contribution >= 4 is 16.8 Å². The summed E-state index contributed by atoms with van der Waals surface area (Å²) in [6.45, 7) is 4.32. The summed E-state index contributed by atoms with van der Waals surface area (Å²) in [5.41, 5.74) is 0. The molecule has 0 spiro atoms. The van der Waals surface area contributed by atoms with E-state index in [1.807, 2.05) is 6.08 Å². The minimum Gasteiger partial charge on any atom is -0.297 e. The van der Waals surface area contributed by atoms with Gasteiger partial charge in [-0.05, 0) is 43.6 Å². The molecular weight excluding hydrogens is 174 g/mol. The minimum absolute atomic E-state index is 0.377. The van der Waals surface area contributed by atoms with Gasteiger partial charge in [0, 0.05) is 6.04 Å². The van der Waals surface area contributed by atoms with Gasteiger partial charge in [-0.15, -0.1) is 0 Å². The normalized spacial score (nSPS) is 25.3. The molecule has 0 bridgehead atoms. The Hall–Kier alpha value is -0.340. The zero-order valence-electron chi connectivity index (χ0n) is 7.29. The fourth-order valence-corrected chi connectivity index (χ4v) is 1.72. The van der Waals surface area contributed by atoms with Gasteiger partial charge in [-0.2, -0.15) is 0 Å². The molecule has 68 valence electrons. The fourth-order valence-electron chi connectivity index (χ4n) is 1.65. The first-order chi connectivity index (χ1) is 5.74. The van der Waals surface area contributed by atoms with Crippen LogP contribution >= 0.6 is 11.6 Å². The van der Waals surface area contributed by atoms with Gasteiger partial charge in [-0.25, -0.2) is 0 Å². The van der Waals surface area contributed by atoms with Crippen LogP contribution in [0.3, 0.4) is 0 Å². The lowest BCUT2D eigenvalue weighted by molar-refractivity contribution is -0.107. The summed E-state index contributed by atoms with van der Waals surface area (Å²) in [7, 11) is 0. The summed E-state index contributed by atoms with van der Waals surface area (Å²) in [5.74, 6) is 0. The molecule has 1 aliphatic heterocycles. The molecule has 0 radical (unpaired) electrons. The van der Waals surface area contributed by atoms with Gasteiger partial charge in [-0.3, -0.25) is 9.69 Å². The van der Waals surface area contributed by atoms with Gasteiger partial charge in [0.15, 0.2) is 0 Å². The van der Waals surface area contributed by atoms with Crippen LogP contribution in [0.25, 0.3) is 0 Å². The van der Waals surface area contributed by atoms with Gasteiger partial charge < -0.3 is 0 Å². The molecular formula is C9H14ClNO. The van der Waals surface area contributed by atoms with Gasteiger partial charge in [0.2, 0.25) is 5.24 Å². The molecule has 0 aromatic rings. The second-order valence-corrected chi connectivity index (χ2v) is 3.37. The predicted octanol–water partition coefficient (Wildman–Crippen LogP) is 1.79. The quantitative estimate of drug-likeness (QED) is 0.496. The highest BCUT2D eigenvalue weighted by Crippen LogP contribution is 2.17. The van der Waals surface area contributed by atoms with Crippen LogP contribution in [0, 0.1) is 0 Å². The highest BCUT2D eigenvalue weighted by molar-refractivity contribution is 6.66. The maximum atomic E-state index is 10.5. The molecule has 1 heterocycles. The molecule has 0 aliphatic carbocycles. The summed E-state index contributed by atoms with van der Waals surface area (Å²) < 4.78 is 0. The van der Waals surface area contributed by atoms with Crippen LogP contribution < -0.4 is 0 Å². The van der Waals surface area contributed by atoms with Crippen molar-refractivity contribution in [3.8, 4) is 0 Å². The largest absolute Gasteiger partial charge is 0.297 e. The van der Waals surface area contributed by atoms with E-state index in [1.165, 1.54) is 12.5 Å². The van der Waals surface area contributed by atoms with E-state index in [4.69, 9.17) is 11.6 Å². The van der Waals surface area contributed by atoms with E-state index >= 15 is 0 Å². The molecule has 12 heavy (non-hydrogen) atoms. The molecule has 3 heteroatoms. The van der Waals surface area contributed by atoms with Gasteiger partial charge >= 0.3 is 0 Å². The number of carbonyl (C=O) groups is 1. The SMILES string of the molecule is CCN1CCCC1/C=C/C(=O)Cl. The standard InChI is InChI=1S/C9H14ClNO/c1-2-11-7-3-4-8(11)5-6-9(10)12/h5-6,8H,2-4,7H2,1H3/b6-5+. The lowest BCUT2D eigenvalue weighted by Gasteiger charge is -2.18. The van der Waals surface area contributed by atoms with Crippen molar-refractivity contribution in [1.82, 2.24) is 4.90 Å². The summed E-state index contributed by atoms with van der Waals surface area (Å²) >= 11 is 5.20. The maximum Gasteiger partial charge on any atom is 0.244 e. The van der Waals surface area contributed by atoms with Crippen molar-refractivity contribution in [2.24, 2.45) is 0 Å². The minimum atomic E-state index is -0.377. The van der Waals surface area contributed by atoms with Crippen LogP contribution in [0.15, 0.2) is 12.2 Å². The molecule has 1 rings (SSSR count). The van der Waals surface area contributed by atoms with E-state index in [1.54, 1.807) is 0 Å². The first kappa shape index (κ1) is 9.75. The highest BCUT2D eigenvalue weighted by atomic mass is 35.5. The topological polar surface area (TPSA) is 20.3 Å². The zero-order chi connectivity index (χ0) is 8.97. The van der Waals surface area contributed by atoms with Crippen molar-refractivity contribution in [3.05, 3.63) is 12.2 Å². The third kappa shape index (κ3) is 2.61. The van der Waals surface area contributed by atoms with Crippen LogP contribution in [0.5, 0.6) is 0 Å². The van der Waals surface area contributed by atoms with Crippen molar-refractivity contribution in [2.75, 3.05) is 13.1 Å². The lowest BCUT2D eigenvalue weighted by atomic mass is 10.2. The molecule has 1 aliphatic rings. The number of carbonyl (C=O) groups excluding carboxylic acids is 1. The van der Waals surface area contributed by atoms with Gasteiger partial charge in [-0.1, -0.05) is 13.0 Å². The third-order valence-electron chi connectivity index (χ3n) is 2.27.